The summed E-state index contributed by atoms with van der Waals surface area (Å²) in [7, 11) is 0. The normalized spacial score (nSPS) is 10.9. The lowest BCUT2D eigenvalue weighted by molar-refractivity contribution is 1.12. The number of halogens is 1. The molecule has 0 unspecified atom stereocenters. The molecule has 0 aliphatic carbocycles. The summed E-state index contributed by atoms with van der Waals surface area (Å²) in [6.07, 6.45) is 7.19. The lowest BCUT2D eigenvalue weighted by Gasteiger charge is -2.10. The van der Waals surface area contributed by atoms with Crippen molar-refractivity contribution in [3.8, 4) is 22.4 Å². The first kappa shape index (κ1) is 20.1. The van der Waals surface area contributed by atoms with Gasteiger partial charge in [0, 0.05) is 48.0 Å². The first-order chi connectivity index (χ1) is 15.7. The second-order valence-corrected chi connectivity index (χ2v) is 7.94. The number of benzene rings is 1. The van der Waals surface area contributed by atoms with E-state index < -0.39 is 0 Å². The van der Waals surface area contributed by atoms with Gasteiger partial charge in [-0.2, -0.15) is 0 Å². The number of anilines is 1. The zero-order valence-corrected chi connectivity index (χ0v) is 18.2. The summed E-state index contributed by atoms with van der Waals surface area (Å²) in [5.74, 6) is 0.808. The number of hydrogen-bond acceptors (Lipinski definition) is 5. The summed E-state index contributed by atoms with van der Waals surface area (Å²) >= 11 is 6.03. The van der Waals surface area contributed by atoms with Crippen molar-refractivity contribution in [2.75, 3.05) is 5.32 Å². The molecule has 0 atom stereocenters. The van der Waals surface area contributed by atoms with E-state index in [4.69, 9.17) is 11.6 Å². The molecule has 4 aromatic heterocycles. The topological polar surface area (TPSA) is 63.6 Å². The fourth-order valence-corrected chi connectivity index (χ4v) is 3.83. The predicted octanol–water partition coefficient (Wildman–Crippen LogP) is 6.33. The molecule has 32 heavy (non-hydrogen) atoms. The third-order valence-corrected chi connectivity index (χ3v) is 5.52. The van der Waals surface area contributed by atoms with Crippen LogP contribution in [0.4, 0.5) is 5.82 Å². The van der Waals surface area contributed by atoms with Gasteiger partial charge in [0.1, 0.15) is 11.0 Å². The van der Waals surface area contributed by atoms with E-state index in [1.807, 2.05) is 55.8 Å². The second-order valence-electron chi connectivity index (χ2n) is 7.55. The van der Waals surface area contributed by atoms with Gasteiger partial charge < -0.3 is 5.32 Å². The Balaban J connectivity index is 1.35. The Kier molecular flexibility index (Phi) is 5.48. The smallest absolute Gasteiger partial charge is 0.135 e. The minimum absolute atomic E-state index is 0.451. The van der Waals surface area contributed by atoms with Crippen molar-refractivity contribution in [3.05, 3.63) is 102 Å². The molecule has 0 saturated carbocycles. The molecule has 0 amide bonds. The summed E-state index contributed by atoms with van der Waals surface area (Å²) in [5, 5.41) is 5.93. The average Bonchev–Trinajstić information content (AvgIpc) is 2.82. The van der Waals surface area contributed by atoms with Crippen LogP contribution in [-0.2, 0) is 6.54 Å². The molecule has 0 spiro atoms. The van der Waals surface area contributed by atoms with Gasteiger partial charge in [-0.15, -0.1) is 0 Å². The third-order valence-electron chi connectivity index (χ3n) is 5.32. The van der Waals surface area contributed by atoms with Gasteiger partial charge in [0.2, 0.25) is 0 Å². The van der Waals surface area contributed by atoms with E-state index in [1.54, 1.807) is 6.20 Å². The van der Waals surface area contributed by atoms with Crippen molar-refractivity contribution >= 4 is 28.2 Å². The molecule has 5 nitrogen and oxygen atoms in total. The van der Waals surface area contributed by atoms with Crippen molar-refractivity contribution < 1.29 is 0 Å². The first-order valence-corrected chi connectivity index (χ1v) is 10.7. The SMILES string of the molecule is Cc1cc(-c2ccc(CNc3nccc4cc(-c5ccnc(Cl)c5)ncc34)cc2)ccn1. The van der Waals surface area contributed by atoms with Crippen molar-refractivity contribution in [2.45, 2.75) is 13.5 Å². The maximum Gasteiger partial charge on any atom is 0.135 e. The van der Waals surface area contributed by atoms with E-state index >= 15 is 0 Å². The Bertz CT molecular complexity index is 1400. The van der Waals surface area contributed by atoms with Crippen LogP contribution in [0.1, 0.15) is 11.3 Å². The highest BCUT2D eigenvalue weighted by molar-refractivity contribution is 6.29. The number of aryl methyl sites for hydroxylation is 1. The fraction of sp³-hybridized carbons (Fsp3) is 0.0769. The van der Waals surface area contributed by atoms with Crippen LogP contribution >= 0.6 is 11.6 Å². The maximum atomic E-state index is 6.03. The Hall–Kier alpha value is -3.83. The summed E-state index contributed by atoms with van der Waals surface area (Å²) in [5.41, 5.74) is 6.32. The van der Waals surface area contributed by atoms with E-state index in [2.05, 4.69) is 55.6 Å². The van der Waals surface area contributed by atoms with Gasteiger partial charge in [-0.05, 0) is 65.4 Å². The molecular weight excluding hydrogens is 418 g/mol. The number of pyridine rings is 4. The molecule has 1 aromatic carbocycles. The molecule has 0 bridgehead atoms. The van der Waals surface area contributed by atoms with Crippen LogP contribution in [0.25, 0.3) is 33.2 Å². The largest absolute Gasteiger partial charge is 0.365 e. The molecule has 0 radical (unpaired) electrons. The Morgan fingerprint density at radius 3 is 2.34 bits per heavy atom. The van der Waals surface area contributed by atoms with Gasteiger partial charge in [0.15, 0.2) is 0 Å². The van der Waals surface area contributed by atoms with Crippen LogP contribution in [0, 0.1) is 6.92 Å². The van der Waals surface area contributed by atoms with E-state index in [1.165, 1.54) is 16.7 Å². The van der Waals surface area contributed by atoms with Crippen LogP contribution in [0.5, 0.6) is 0 Å². The molecule has 1 N–H and O–H groups in total. The second kappa shape index (κ2) is 8.73. The highest BCUT2D eigenvalue weighted by Gasteiger charge is 2.07. The predicted molar refractivity (Wildman–Crippen MR) is 130 cm³/mol. The van der Waals surface area contributed by atoms with Crippen molar-refractivity contribution in [3.63, 3.8) is 0 Å². The Morgan fingerprint density at radius 1 is 0.750 bits per heavy atom. The molecule has 5 aromatic rings. The van der Waals surface area contributed by atoms with Crippen LogP contribution < -0.4 is 5.32 Å². The summed E-state index contributed by atoms with van der Waals surface area (Å²) in [4.78, 5) is 17.4. The zero-order chi connectivity index (χ0) is 21.9. The highest BCUT2D eigenvalue weighted by Crippen LogP contribution is 2.27. The van der Waals surface area contributed by atoms with Gasteiger partial charge in [-0.1, -0.05) is 35.9 Å². The standard InChI is InChI=1S/C26H20ClN5/c1-17-12-20(6-9-28-17)19-4-2-18(3-5-19)15-32-26-23-16-31-24(13-21(23)7-11-30-26)22-8-10-29-25(27)14-22/h2-14,16H,15H2,1H3,(H,30,32). The zero-order valence-electron chi connectivity index (χ0n) is 17.5. The summed E-state index contributed by atoms with van der Waals surface area (Å²) < 4.78 is 0. The average molecular weight is 438 g/mol. The Morgan fingerprint density at radius 2 is 1.53 bits per heavy atom. The van der Waals surface area contributed by atoms with Crippen LogP contribution in [-0.4, -0.2) is 19.9 Å². The van der Waals surface area contributed by atoms with E-state index in [0.717, 1.165) is 33.5 Å². The number of aromatic nitrogens is 4. The molecular formula is C26H20ClN5. The number of nitrogens with one attached hydrogen (secondary N) is 1. The quantitative estimate of drug-likeness (QED) is 0.325. The minimum atomic E-state index is 0.451. The molecule has 0 saturated heterocycles. The van der Waals surface area contributed by atoms with E-state index in [-0.39, 0.29) is 0 Å². The molecule has 0 aliphatic heterocycles. The molecule has 156 valence electrons. The van der Waals surface area contributed by atoms with Crippen LogP contribution in [0.2, 0.25) is 5.15 Å². The lowest BCUT2D eigenvalue weighted by Crippen LogP contribution is -2.02. The molecule has 6 heteroatoms. The molecule has 5 rings (SSSR count). The number of nitrogens with zero attached hydrogens (tertiary/aromatic N) is 4. The minimum Gasteiger partial charge on any atom is -0.365 e. The summed E-state index contributed by atoms with van der Waals surface area (Å²) in [6, 6.07) is 20.4. The van der Waals surface area contributed by atoms with Gasteiger partial charge in [0.25, 0.3) is 0 Å². The number of rotatable bonds is 5. The lowest BCUT2D eigenvalue weighted by atomic mass is 10.0. The number of hydrogen-bond donors (Lipinski definition) is 1. The number of fused-ring (bicyclic) bond motifs is 1. The van der Waals surface area contributed by atoms with Crippen LogP contribution in [0.3, 0.4) is 0 Å². The fourth-order valence-electron chi connectivity index (χ4n) is 3.65. The van der Waals surface area contributed by atoms with Gasteiger partial charge in [0.05, 0.1) is 5.69 Å². The van der Waals surface area contributed by atoms with Crippen molar-refractivity contribution in [1.29, 1.82) is 0 Å². The van der Waals surface area contributed by atoms with E-state index in [0.29, 0.717) is 11.7 Å². The van der Waals surface area contributed by atoms with E-state index in [9.17, 15) is 0 Å². The van der Waals surface area contributed by atoms with Crippen molar-refractivity contribution in [2.24, 2.45) is 0 Å². The Labute approximate surface area is 191 Å². The maximum absolute atomic E-state index is 6.03. The van der Waals surface area contributed by atoms with Crippen molar-refractivity contribution in [1.82, 2.24) is 19.9 Å². The molecule has 0 aliphatic rings. The van der Waals surface area contributed by atoms with Gasteiger partial charge >= 0.3 is 0 Å². The van der Waals surface area contributed by atoms with Crippen LogP contribution in [0.15, 0.2) is 85.5 Å². The van der Waals surface area contributed by atoms with Gasteiger partial charge in [-0.25, -0.2) is 9.97 Å². The van der Waals surface area contributed by atoms with Gasteiger partial charge in [-0.3, -0.25) is 9.97 Å². The summed E-state index contributed by atoms with van der Waals surface area (Å²) in [6.45, 7) is 2.67. The molecule has 4 heterocycles. The first-order valence-electron chi connectivity index (χ1n) is 10.3. The highest BCUT2D eigenvalue weighted by atomic mass is 35.5. The molecule has 0 fully saturated rings. The third kappa shape index (κ3) is 4.29. The monoisotopic (exact) mass is 437 g/mol.